The number of aromatic carboxylic acids is 1. The Morgan fingerprint density at radius 1 is 1.30 bits per heavy atom. The molecule has 3 N–H and O–H groups in total. The molecule has 0 aliphatic carbocycles. The van der Waals surface area contributed by atoms with Crippen LogP contribution in [-0.2, 0) is 9.47 Å². The van der Waals surface area contributed by atoms with Gasteiger partial charge in [0.05, 0.1) is 24.6 Å². The third-order valence-electron chi connectivity index (χ3n) is 2.86. The highest BCUT2D eigenvalue weighted by Gasteiger charge is 2.21. The van der Waals surface area contributed by atoms with E-state index in [9.17, 15) is 14.3 Å². The molecule has 1 aromatic rings. The van der Waals surface area contributed by atoms with Crippen molar-refractivity contribution in [1.29, 1.82) is 0 Å². The van der Waals surface area contributed by atoms with E-state index in [0.717, 1.165) is 6.07 Å². The lowest BCUT2D eigenvalue weighted by Crippen LogP contribution is -2.32. The topological polar surface area (TPSA) is 85.0 Å². The molecule has 0 aliphatic rings. The maximum Gasteiger partial charge on any atom is 0.340 e. The molecule has 0 radical (unpaired) electrons. The molecule has 0 aliphatic heterocycles. The molecule has 0 fully saturated rings. The largest absolute Gasteiger partial charge is 0.478 e. The summed E-state index contributed by atoms with van der Waals surface area (Å²) in [6, 6.07) is 2.56. The van der Waals surface area contributed by atoms with Crippen molar-refractivity contribution in [2.75, 3.05) is 51.2 Å². The van der Waals surface area contributed by atoms with Crippen molar-refractivity contribution in [2.45, 2.75) is 0 Å². The number of rotatable bonds is 8. The first-order valence-corrected chi connectivity index (χ1v) is 6.07. The summed E-state index contributed by atoms with van der Waals surface area (Å²) >= 11 is 0. The van der Waals surface area contributed by atoms with Crippen LogP contribution in [0.15, 0.2) is 12.1 Å². The van der Waals surface area contributed by atoms with Crippen molar-refractivity contribution in [3.8, 4) is 0 Å². The summed E-state index contributed by atoms with van der Waals surface area (Å²) in [5, 5.41) is 9.23. The number of ether oxygens (including phenoxy) is 2. The Morgan fingerprint density at radius 2 is 1.85 bits per heavy atom. The number of nitrogens with zero attached hydrogens (tertiary/aromatic N) is 1. The van der Waals surface area contributed by atoms with Crippen LogP contribution in [-0.4, -0.2) is 51.6 Å². The third-order valence-corrected chi connectivity index (χ3v) is 2.86. The average molecular weight is 286 g/mol. The fraction of sp³-hybridized carbons (Fsp3) is 0.462. The predicted molar refractivity (Wildman–Crippen MR) is 73.7 cm³/mol. The van der Waals surface area contributed by atoms with E-state index in [0.29, 0.717) is 32.0 Å². The summed E-state index contributed by atoms with van der Waals surface area (Å²) in [5.74, 6) is -2.01. The number of nitrogen functional groups attached to an aromatic ring is 1. The minimum absolute atomic E-state index is 0.239. The molecule has 0 amide bonds. The number of hydrogen-bond acceptors (Lipinski definition) is 5. The Morgan fingerprint density at radius 3 is 2.30 bits per heavy atom. The highest BCUT2D eigenvalue weighted by atomic mass is 19.1. The van der Waals surface area contributed by atoms with Crippen LogP contribution in [0.4, 0.5) is 15.8 Å². The molecule has 1 rings (SSSR count). The van der Waals surface area contributed by atoms with E-state index in [1.54, 1.807) is 19.1 Å². The molecule has 0 unspecified atom stereocenters. The van der Waals surface area contributed by atoms with Gasteiger partial charge in [-0.3, -0.25) is 0 Å². The van der Waals surface area contributed by atoms with E-state index >= 15 is 0 Å². The van der Waals surface area contributed by atoms with Gasteiger partial charge in [0.2, 0.25) is 0 Å². The van der Waals surface area contributed by atoms with Crippen LogP contribution >= 0.6 is 0 Å². The number of anilines is 2. The average Bonchev–Trinajstić information content (AvgIpc) is 2.42. The summed E-state index contributed by atoms with van der Waals surface area (Å²) in [6.07, 6.45) is 0. The van der Waals surface area contributed by atoms with Crippen LogP contribution in [0.3, 0.4) is 0 Å². The Kier molecular flexibility index (Phi) is 6.20. The van der Waals surface area contributed by atoms with Gasteiger partial charge in [-0.25, -0.2) is 9.18 Å². The summed E-state index contributed by atoms with van der Waals surface area (Å²) < 4.78 is 23.4. The standard InChI is InChI=1S/C13H19FN2O4/c1-19-7-5-16(6-8-20-2)10-4-3-9(14)12(15)11(10)13(17)18/h3-4H,5-8,15H2,1-2H3,(H,17,18). The normalized spacial score (nSPS) is 10.6. The van der Waals surface area contributed by atoms with Crippen LogP contribution in [0.2, 0.25) is 0 Å². The van der Waals surface area contributed by atoms with Gasteiger partial charge in [-0.2, -0.15) is 0 Å². The second-order valence-electron chi connectivity index (χ2n) is 4.13. The number of nitrogens with two attached hydrogens (primary N) is 1. The van der Waals surface area contributed by atoms with Gasteiger partial charge in [-0.1, -0.05) is 0 Å². The molecule has 0 atom stereocenters. The summed E-state index contributed by atoms with van der Waals surface area (Å²) in [5.41, 5.74) is 5.28. The van der Waals surface area contributed by atoms with E-state index in [1.165, 1.54) is 6.07 Å². The lowest BCUT2D eigenvalue weighted by molar-refractivity contribution is 0.0698. The van der Waals surface area contributed by atoms with Crippen LogP contribution in [0.25, 0.3) is 0 Å². The van der Waals surface area contributed by atoms with E-state index in [4.69, 9.17) is 15.2 Å². The van der Waals surface area contributed by atoms with Crippen LogP contribution in [0.1, 0.15) is 10.4 Å². The monoisotopic (exact) mass is 286 g/mol. The fourth-order valence-corrected chi connectivity index (χ4v) is 1.83. The highest BCUT2D eigenvalue weighted by Crippen LogP contribution is 2.28. The van der Waals surface area contributed by atoms with Crippen LogP contribution in [0.5, 0.6) is 0 Å². The highest BCUT2D eigenvalue weighted by molar-refractivity contribution is 6.00. The van der Waals surface area contributed by atoms with Gasteiger partial charge < -0.3 is 25.2 Å². The SMILES string of the molecule is COCCN(CCOC)c1ccc(F)c(N)c1C(=O)O. The molecular weight excluding hydrogens is 267 g/mol. The fourth-order valence-electron chi connectivity index (χ4n) is 1.83. The van der Waals surface area contributed by atoms with Gasteiger partial charge in [0, 0.05) is 27.3 Å². The zero-order chi connectivity index (χ0) is 15.1. The molecule has 0 spiro atoms. The van der Waals surface area contributed by atoms with Crippen molar-refractivity contribution < 1.29 is 23.8 Å². The number of carbonyl (C=O) groups is 1. The second kappa shape index (κ2) is 7.66. The van der Waals surface area contributed by atoms with Crippen molar-refractivity contribution in [3.05, 3.63) is 23.5 Å². The van der Waals surface area contributed by atoms with Crippen molar-refractivity contribution >= 4 is 17.3 Å². The predicted octanol–water partition coefficient (Wildman–Crippen LogP) is 1.21. The smallest absolute Gasteiger partial charge is 0.340 e. The van der Waals surface area contributed by atoms with Crippen molar-refractivity contribution in [1.82, 2.24) is 0 Å². The van der Waals surface area contributed by atoms with E-state index in [-0.39, 0.29) is 11.3 Å². The second-order valence-corrected chi connectivity index (χ2v) is 4.13. The lowest BCUT2D eigenvalue weighted by Gasteiger charge is -2.26. The van der Waals surface area contributed by atoms with Gasteiger partial charge in [0.1, 0.15) is 11.4 Å². The van der Waals surface area contributed by atoms with Gasteiger partial charge in [-0.05, 0) is 12.1 Å². The molecule has 20 heavy (non-hydrogen) atoms. The molecule has 0 aromatic heterocycles. The number of carboxylic acids is 1. The van der Waals surface area contributed by atoms with Crippen LogP contribution < -0.4 is 10.6 Å². The number of methoxy groups -OCH3 is 2. The quantitative estimate of drug-likeness (QED) is 0.699. The first-order valence-electron chi connectivity index (χ1n) is 6.07. The summed E-state index contributed by atoms with van der Waals surface area (Å²) in [6.45, 7) is 1.70. The zero-order valence-electron chi connectivity index (χ0n) is 11.6. The van der Waals surface area contributed by atoms with E-state index in [1.807, 2.05) is 0 Å². The molecule has 7 heteroatoms. The minimum Gasteiger partial charge on any atom is -0.478 e. The Balaban J connectivity index is 3.17. The van der Waals surface area contributed by atoms with Crippen molar-refractivity contribution in [3.63, 3.8) is 0 Å². The molecule has 1 aromatic carbocycles. The first-order chi connectivity index (χ1) is 9.52. The number of carboxylic acid groups (broad SMARTS) is 1. The maximum atomic E-state index is 13.4. The minimum atomic E-state index is -1.27. The van der Waals surface area contributed by atoms with Crippen LogP contribution in [0, 0.1) is 5.82 Å². The number of halogens is 1. The summed E-state index contributed by atoms with van der Waals surface area (Å²) in [7, 11) is 3.09. The van der Waals surface area contributed by atoms with Gasteiger partial charge in [0.15, 0.2) is 0 Å². The van der Waals surface area contributed by atoms with E-state index < -0.39 is 11.8 Å². The van der Waals surface area contributed by atoms with E-state index in [2.05, 4.69) is 0 Å². The molecular formula is C13H19FN2O4. The molecule has 0 bridgehead atoms. The maximum absolute atomic E-state index is 13.4. The lowest BCUT2D eigenvalue weighted by atomic mass is 10.1. The number of benzene rings is 1. The number of hydrogen-bond donors (Lipinski definition) is 2. The Labute approximate surface area is 116 Å². The van der Waals surface area contributed by atoms with Crippen molar-refractivity contribution in [2.24, 2.45) is 0 Å². The zero-order valence-corrected chi connectivity index (χ0v) is 11.6. The molecule has 0 saturated carbocycles. The third kappa shape index (κ3) is 3.82. The summed E-state index contributed by atoms with van der Waals surface area (Å²) in [4.78, 5) is 13.1. The molecule has 6 nitrogen and oxygen atoms in total. The van der Waals surface area contributed by atoms with Gasteiger partial charge in [-0.15, -0.1) is 0 Å². The van der Waals surface area contributed by atoms with Gasteiger partial charge in [0.25, 0.3) is 0 Å². The molecule has 112 valence electrons. The Hall–Kier alpha value is -1.86. The first kappa shape index (κ1) is 16.2. The Bertz CT molecular complexity index is 460. The molecule has 0 heterocycles. The van der Waals surface area contributed by atoms with Gasteiger partial charge >= 0.3 is 5.97 Å². The molecule has 0 saturated heterocycles.